The van der Waals surface area contributed by atoms with E-state index in [1.807, 2.05) is 30.3 Å². The first-order valence-electron chi connectivity index (χ1n) is 4.81. The van der Waals surface area contributed by atoms with E-state index >= 15 is 0 Å². The minimum atomic E-state index is -0.485. The lowest BCUT2D eigenvalue weighted by Crippen LogP contribution is -1.87. The van der Waals surface area contributed by atoms with Crippen molar-refractivity contribution >= 4 is 27.5 Å². The molecule has 0 aliphatic carbocycles. The fraction of sp³-hybridized carbons (Fsp3) is 0.0769. The van der Waals surface area contributed by atoms with E-state index in [2.05, 4.69) is 15.9 Å². The molecule has 0 bridgehead atoms. The minimum Gasteiger partial charge on any atom is -0.246 e. The maximum Gasteiger partial charge on any atom is 0.115 e. The minimum absolute atomic E-state index is 0.485. The van der Waals surface area contributed by atoms with Gasteiger partial charge in [0.25, 0.3) is 0 Å². The molecule has 0 amide bonds. The molecule has 16 heavy (non-hydrogen) atoms. The standard InChI is InChI=1S/C13H9BrClF/c14-11-4-5-13(10(6-11)8-16)9-2-1-3-12(15)7-9/h1-7H,8H2. The molecule has 0 spiro atoms. The van der Waals surface area contributed by atoms with E-state index in [4.69, 9.17) is 11.6 Å². The molecule has 0 heterocycles. The van der Waals surface area contributed by atoms with E-state index < -0.39 is 6.67 Å². The van der Waals surface area contributed by atoms with Crippen LogP contribution < -0.4 is 0 Å². The Morgan fingerprint density at radius 2 is 1.94 bits per heavy atom. The highest BCUT2D eigenvalue weighted by Gasteiger charge is 2.05. The van der Waals surface area contributed by atoms with Gasteiger partial charge in [-0.05, 0) is 41.0 Å². The molecule has 0 N–H and O–H groups in total. The van der Waals surface area contributed by atoms with Gasteiger partial charge in [0.2, 0.25) is 0 Å². The summed E-state index contributed by atoms with van der Waals surface area (Å²) in [6.45, 7) is -0.485. The molecule has 0 unspecified atom stereocenters. The molecule has 3 heteroatoms. The molecule has 0 fully saturated rings. The second-order valence-electron chi connectivity index (χ2n) is 3.45. The zero-order valence-electron chi connectivity index (χ0n) is 8.38. The normalized spacial score (nSPS) is 10.4. The summed E-state index contributed by atoms with van der Waals surface area (Å²) in [7, 11) is 0. The SMILES string of the molecule is FCc1cc(Br)ccc1-c1cccc(Cl)c1. The quantitative estimate of drug-likeness (QED) is 0.711. The summed E-state index contributed by atoms with van der Waals surface area (Å²) in [4.78, 5) is 0. The van der Waals surface area contributed by atoms with Crippen LogP contribution in [0.25, 0.3) is 11.1 Å². The fourth-order valence-corrected chi connectivity index (χ4v) is 2.21. The van der Waals surface area contributed by atoms with E-state index in [0.29, 0.717) is 10.6 Å². The average molecular weight is 300 g/mol. The van der Waals surface area contributed by atoms with E-state index in [1.54, 1.807) is 12.1 Å². The lowest BCUT2D eigenvalue weighted by Gasteiger charge is -2.07. The molecule has 0 radical (unpaired) electrons. The Labute approximate surface area is 107 Å². The van der Waals surface area contributed by atoms with E-state index in [1.165, 1.54) is 0 Å². The van der Waals surface area contributed by atoms with E-state index in [9.17, 15) is 4.39 Å². The summed E-state index contributed by atoms with van der Waals surface area (Å²) in [5, 5.41) is 0.658. The van der Waals surface area contributed by atoms with Gasteiger partial charge in [-0.25, -0.2) is 4.39 Å². The highest BCUT2D eigenvalue weighted by molar-refractivity contribution is 9.10. The molecule has 2 aromatic rings. The van der Waals surface area contributed by atoms with Gasteiger partial charge in [0.15, 0.2) is 0 Å². The van der Waals surface area contributed by atoms with Crippen molar-refractivity contribution < 1.29 is 4.39 Å². The molecular weight excluding hydrogens is 290 g/mol. The molecule has 82 valence electrons. The van der Waals surface area contributed by atoms with Gasteiger partial charge in [-0.3, -0.25) is 0 Å². The molecule has 0 aliphatic rings. The van der Waals surface area contributed by atoms with Gasteiger partial charge in [-0.15, -0.1) is 0 Å². The summed E-state index contributed by atoms with van der Waals surface area (Å²) in [5.74, 6) is 0. The van der Waals surface area contributed by atoms with Gasteiger partial charge in [0, 0.05) is 9.50 Å². The van der Waals surface area contributed by atoms with Gasteiger partial charge in [-0.2, -0.15) is 0 Å². The fourth-order valence-electron chi connectivity index (χ4n) is 1.61. The first-order chi connectivity index (χ1) is 7.70. The van der Waals surface area contributed by atoms with Crippen molar-refractivity contribution in [2.75, 3.05) is 0 Å². The van der Waals surface area contributed by atoms with Crippen LogP contribution in [-0.4, -0.2) is 0 Å². The molecule has 0 aromatic heterocycles. The van der Waals surface area contributed by atoms with Crippen LogP contribution in [0.1, 0.15) is 5.56 Å². The average Bonchev–Trinajstić information content (AvgIpc) is 2.28. The maximum atomic E-state index is 12.9. The van der Waals surface area contributed by atoms with Crippen LogP contribution in [0.5, 0.6) is 0 Å². The number of rotatable bonds is 2. The molecule has 0 saturated heterocycles. The van der Waals surface area contributed by atoms with Crippen LogP contribution in [0.4, 0.5) is 4.39 Å². The van der Waals surface area contributed by atoms with Crippen LogP contribution in [0.15, 0.2) is 46.9 Å². The molecule has 0 saturated carbocycles. The molecule has 0 aliphatic heterocycles. The van der Waals surface area contributed by atoms with Crippen LogP contribution in [0.3, 0.4) is 0 Å². The largest absolute Gasteiger partial charge is 0.246 e. The van der Waals surface area contributed by atoms with Gasteiger partial charge in [0.05, 0.1) is 0 Å². The second-order valence-corrected chi connectivity index (χ2v) is 4.80. The summed E-state index contributed by atoms with van der Waals surface area (Å²) in [6.07, 6.45) is 0. The van der Waals surface area contributed by atoms with Crippen LogP contribution in [-0.2, 0) is 6.67 Å². The summed E-state index contributed by atoms with van der Waals surface area (Å²) in [5.41, 5.74) is 2.48. The smallest absolute Gasteiger partial charge is 0.115 e. The lowest BCUT2D eigenvalue weighted by atomic mass is 10.0. The van der Waals surface area contributed by atoms with Crippen LogP contribution in [0, 0.1) is 0 Å². The number of halogens is 3. The van der Waals surface area contributed by atoms with Gasteiger partial charge < -0.3 is 0 Å². The summed E-state index contributed by atoms with van der Waals surface area (Å²) >= 11 is 9.25. The van der Waals surface area contributed by atoms with Crippen LogP contribution >= 0.6 is 27.5 Å². The first-order valence-corrected chi connectivity index (χ1v) is 5.98. The number of alkyl halides is 1. The summed E-state index contributed by atoms with van der Waals surface area (Å²) in [6, 6.07) is 13.0. The highest BCUT2D eigenvalue weighted by Crippen LogP contribution is 2.28. The Kier molecular flexibility index (Phi) is 3.62. The van der Waals surface area contributed by atoms with Crippen molar-refractivity contribution in [2.45, 2.75) is 6.67 Å². The molecule has 0 nitrogen and oxygen atoms in total. The number of benzene rings is 2. The van der Waals surface area contributed by atoms with Crippen LogP contribution in [0.2, 0.25) is 5.02 Å². The predicted octanol–water partition coefficient (Wildman–Crippen LogP) is 5.24. The van der Waals surface area contributed by atoms with E-state index in [-0.39, 0.29) is 0 Å². The zero-order chi connectivity index (χ0) is 11.5. The zero-order valence-corrected chi connectivity index (χ0v) is 10.7. The van der Waals surface area contributed by atoms with Crippen molar-refractivity contribution in [2.24, 2.45) is 0 Å². The molecule has 0 atom stereocenters. The van der Waals surface area contributed by atoms with Crippen molar-refractivity contribution in [1.29, 1.82) is 0 Å². The van der Waals surface area contributed by atoms with Crippen molar-refractivity contribution in [3.8, 4) is 11.1 Å². The van der Waals surface area contributed by atoms with E-state index in [0.717, 1.165) is 15.6 Å². The second kappa shape index (κ2) is 4.98. The Hall–Kier alpha value is -0.860. The summed E-state index contributed by atoms with van der Waals surface area (Å²) < 4.78 is 13.8. The Bertz CT molecular complexity index is 511. The van der Waals surface area contributed by atoms with Crippen molar-refractivity contribution in [1.82, 2.24) is 0 Å². The monoisotopic (exact) mass is 298 g/mol. The third-order valence-electron chi connectivity index (χ3n) is 2.35. The molecular formula is C13H9BrClF. The van der Waals surface area contributed by atoms with Crippen molar-refractivity contribution in [3.05, 3.63) is 57.5 Å². The highest BCUT2D eigenvalue weighted by atomic mass is 79.9. The maximum absolute atomic E-state index is 12.9. The Morgan fingerprint density at radius 3 is 2.62 bits per heavy atom. The van der Waals surface area contributed by atoms with Gasteiger partial charge in [0.1, 0.15) is 6.67 Å². The lowest BCUT2D eigenvalue weighted by molar-refractivity contribution is 0.486. The Morgan fingerprint density at radius 1 is 1.12 bits per heavy atom. The topological polar surface area (TPSA) is 0 Å². The van der Waals surface area contributed by atoms with Gasteiger partial charge >= 0.3 is 0 Å². The van der Waals surface area contributed by atoms with Crippen molar-refractivity contribution in [3.63, 3.8) is 0 Å². The third kappa shape index (κ3) is 2.45. The predicted molar refractivity (Wildman–Crippen MR) is 69.4 cm³/mol. The van der Waals surface area contributed by atoms with Gasteiger partial charge in [-0.1, -0.05) is 45.7 Å². The Balaban J connectivity index is 2.55. The first kappa shape index (κ1) is 11.6. The number of hydrogen-bond donors (Lipinski definition) is 0. The third-order valence-corrected chi connectivity index (χ3v) is 3.08. The molecule has 2 rings (SSSR count). The molecule has 2 aromatic carbocycles. The number of hydrogen-bond acceptors (Lipinski definition) is 0.